The second kappa shape index (κ2) is 4.05. The molecule has 0 aromatic heterocycles. The molecule has 0 bridgehead atoms. The number of rotatable bonds is 5. The fraction of sp³-hybridized carbons (Fsp3) is 1.00. The first-order chi connectivity index (χ1) is 6.93. The lowest BCUT2D eigenvalue weighted by atomic mass is 10.3. The lowest BCUT2D eigenvalue weighted by molar-refractivity contribution is 0.190. The van der Waals surface area contributed by atoms with Gasteiger partial charge in [0.05, 0.1) is 5.22 Å². The van der Waals surface area contributed by atoms with Crippen molar-refractivity contribution in [3.63, 3.8) is 0 Å². The molecule has 0 N–H and O–H groups in total. The summed E-state index contributed by atoms with van der Waals surface area (Å²) in [7, 11) is -4.42. The normalized spacial score (nSPS) is 35.2. The van der Waals surface area contributed by atoms with Gasteiger partial charge < -0.3 is 8.54 Å². The van der Waals surface area contributed by atoms with Gasteiger partial charge in [0.15, 0.2) is 16.6 Å². The van der Waals surface area contributed by atoms with E-state index in [1.54, 1.807) is 0 Å². The molecule has 0 aliphatic carbocycles. The van der Waals surface area contributed by atoms with Gasteiger partial charge in [0, 0.05) is 0 Å². The van der Waals surface area contributed by atoms with Crippen molar-refractivity contribution in [2.45, 2.75) is 70.4 Å². The predicted octanol–water partition coefficient (Wildman–Crippen LogP) is 3.97. The molecule has 2 unspecified atom stereocenters. The van der Waals surface area contributed by atoms with E-state index in [1.165, 1.54) is 6.04 Å². The monoisotopic (exact) mass is 276 g/mol. The highest BCUT2D eigenvalue weighted by Crippen LogP contribution is 2.55. The van der Waals surface area contributed by atoms with Crippen molar-refractivity contribution in [3.8, 4) is 0 Å². The lowest BCUT2D eigenvalue weighted by Gasteiger charge is -2.32. The molecule has 1 rings (SSSR count). The smallest absolute Gasteiger partial charge is 0.210 e. The van der Waals surface area contributed by atoms with Gasteiger partial charge in [-0.25, -0.2) is 0 Å². The van der Waals surface area contributed by atoms with Crippen molar-refractivity contribution in [3.05, 3.63) is 0 Å². The molecule has 1 aliphatic heterocycles. The van der Waals surface area contributed by atoms with E-state index in [1.807, 2.05) is 0 Å². The minimum Gasteiger partial charge on any atom is -0.454 e. The zero-order valence-corrected chi connectivity index (χ0v) is 15.2. The van der Waals surface area contributed by atoms with Crippen LogP contribution in [0, 0.1) is 0 Å². The van der Waals surface area contributed by atoms with Gasteiger partial charge in [-0.1, -0.05) is 6.92 Å². The molecule has 2 nitrogen and oxygen atoms in total. The molecular weight excluding hydrogens is 248 g/mol. The summed E-state index contributed by atoms with van der Waals surface area (Å²) in [4.78, 5) is 0. The lowest BCUT2D eigenvalue weighted by Crippen LogP contribution is -2.45. The van der Waals surface area contributed by atoms with Gasteiger partial charge in [0.25, 0.3) is 0 Å². The van der Waals surface area contributed by atoms with Crippen LogP contribution in [0.2, 0.25) is 51.9 Å². The van der Waals surface area contributed by atoms with E-state index < -0.39 is 25.0 Å². The van der Waals surface area contributed by atoms with E-state index >= 15 is 0 Å². The van der Waals surface area contributed by atoms with E-state index in [0.29, 0.717) is 0 Å². The van der Waals surface area contributed by atoms with Gasteiger partial charge in [-0.2, -0.15) is 0 Å². The molecule has 1 fully saturated rings. The van der Waals surface area contributed by atoms with Gasteiger partial charge in [0.2, 0.25) is 8.32 Å². The Morgan fingerprint density at radius 1 is 1.06 bits per heavy atom. The first kappa shape index (κ1) is 14.6. The summed E-state index contributed by atoms with van der Waals surface area (Å²) in [5, 5.41) is 0.151. The molecule has 0 aromatic carbocycles. The molecule has 96 valence electrons. The molecule has 1 heterocycles. The Morgan fingerprint density at radius 2 is 1.56 bits per heavy atom. The molecule has 1 aliphatic rings. The largest absolute Gasteiger partial charge is 0.454 e. The Morgan fingerprint density at radius 3 is 1.88 bits per heavy atom. The molecular formula is C11H28O2Si3. The van der Waals surface area contributed by atoms with Gasteiger partial charge in [-0.3, -0.25) is 0 Å². The van der Waals surface area contributed by atoms with Crippen LogP contribution < -0.4 is 0 Å². The Balaban J connectivity index is 2.74. The third-order valence-electron chi connectivity index (χ3n) is 3.07. The summed E-state index contributed by atoms with van der Waals surface area (Å²) in [5.74, 6) is 0. The second-order valence-corrected chi connectivity index (χ2v) is 20.4. The fourth-order valence-corrected chi connectivity index (χ4v) is 15.2. The summed E-state index contributed by atoms with van der Waals surface area (Å²) in [6, 6.07) is 1.21. The molecule has 16 heavy (non-hydrogen) atoms. The first-order valence-corrected chi connectivity index (χ1v) is 15.8. The molecule has 0 saturated carbocycles. The van der Waals surface area contributed by atoms with Gasteiger partial charge >= 0.3 is 0 Å². The third-order valence-corrected chi connectivity index (χ3v) is 11.9. The van der Waals surface area contributed by atoms with Crippen molar-refractivity contribution in [2.24, 2.45) is 0 Å². The van der Waals surface area contributed by atoms with Crippen LogP contribution in [0.3, 0.4) is 0 Å². The molecule has 1 saturated heterocycles. The highest BCUT2D eigenvalue weighted by molar-refractivity contribution is 6.94. The summed E-state index contributed by atoms with van der Waals surface area (Å²) in [5.41, 5.74) is 0. The van der Waals surface area contributed by atoms with Crippen LogP contribution in [0.1, 0.15) is 13.3 Å². The molecule has 0 aromatic rings. The van der Waals surface area contributed by atoms with Crippen molar-refractivity contribution in [2.75, 3.05) is 0 Å². The topological polar surface area (TPSA) is 18.5 Å². The van der Waals surface area contributed by atoms with E-state index in [0.717, 1.165) is 6.42 Å². The maximum absolute atomic E-state index is 6.46. The summed E-state index contributed by atoms with van der Waals surface area (Å²) in [6.07, 6.45) is 1.13. The first-order valence-electron chi connectivity index (χ1n) is 6.33. The Hall–Kier alpha value is 0.571. The highest BCUT2D eigenvalue weighted by Gasteiger charge is 2.70. The molecule has 0 radical (unpaired) electrons. The van der Waals surface area contributed by atoms with Gasteiger partial charge in [-0.15, -0.1) is 0 Å². The zero-order valence-electron chi connectivity index (χ0n) is 12.2. The molecule has 5 heteroatoms. The van der Waals surface area contributed by atoms with Crippen molar-refractivity contribution in [1.29, 1.82) is 0 Å². The van der Waals surface area contributed by atoms with E-state index in [-0.39, 0.29) is 5.22 Å². The zero-order chi connectivity index (χ0) is 12.8. The minimum atomic E-state index is -1.56. The van der Waals surface area contributed by atoms with E-state index in [2.05, 4.69) is 52.8 Å². The highest BCUT2D eigenvalue weighted by atomic mass is 28.4. The van der Waals surface area contributed by atoms with Crippen LogP contribution in [0.5, 0.6) is 0 Å². The summed E-state index contributed by atoms with van der Waals surface area (Å²) < 4.78 is 12.9. The van der Waals surface area contributed by atoms with Crippen molar-refractivity contribution in [1.82, 2.24) is 0 Å². The fourth-order valence-electron chi connectivity index (χ4n) is 2.61. The third kappa shape index (κ3) is 3.29. The quantitative estimate of drug-likeness (QED) is 0.708. The Bertz CT molecular complexity index is 269. The maximum Gasteiger partial charge on any atom is 0.210 e. The van der Waals surface area contributed by atoms with Crippen LogP contribution in [0.15, 0.2) is 0 Å². The van der Waals surface area contributed by atoms with E-state index in [4.69, 9.17) is 8.54 Å². The average Bonchev–Trinajstić information content (AvgIpc) is 2.47. The maximum atomic E-state index is 6.46. The van der Waals surface area contributed by atoms with E-state index in [9.17, 15) is 0 Å². The molecule has 0 spiro atoms. The average molecular weight is 277 g/mol. The number of hydrogen-bond donors (Lipinski definition) is 0. The van der Waals surface area contributed by atoms with Crippen LogP contribution in [-0.2, 0) is 8.54 Å². The summed E-state index contributed by atoms with van der Waals surface area (Å²) >= 11 is 0. The van der Waals surface area contributed by atoms with Crippen LogP contribution in [-0.4, -0.2) is 30.2 Å². The Kier molecular flexibility index (Phi) is 3.70. The number of hydrogen-bond acceptors (Lipinski definition) is 2. The Labute approximate surface area is 104 Å². The van der Waals surface area contributed by atoms with Gasteiger partial charge in [0.1, 0.15) is 0 Å². The van der Waals surface area contributed by atoms with Crippen LogP contribution in [0.25, 0.3) is 0 Å². The van der Waals surface area contributed by atoms with Crippen LogP contribution in [0.4, 0.5) is 0 Å². The standard InChI is InChI=1S/C11H28O2Si3/c1-9-11(12-14(2,3)4)10-16(11,8)13-15(5,6)7/h9-10H2,1-8H3. The van der Waals surface area contributed by atoms with Crippen molar-refractivity contribution < 1.29 is 8.54 Å². The van der Waals surface area contributed by atoms with Crippen molar-refractivity contribution >= 4 is 25.0 Å². The van der Waals surface area contributed by atoms with Gasteiger partial charge in [-0.05, 0) is 58.3 Å². The summed E-state index contributed by atoms with van der Waals surface area (Å²) in [6.45, 7) is 18.3. The second-order valence-electron chi connectivity index (χ2n) is 7.18. The molecule has 2 atom stereocenters. The molecule has 0 amide bonds. The SMILES string of the molecule is CCC1(O[Si](C)(C)C)C[Si]1(C)O[Si](C)(C)C. The predicted molar refractivity (Wildman–Crippen MR) is 78.3 cm³/mol. The minimum absolute atomic E-state index is 0.151. The van der Waals surface area contributed by atoms with Crippen LogP contribution >= 0.6 is 0 Å².